The molecule has 264 valence electrons. The van der Waals surface area contributed by atoms with Crippen molar-refractivity contribution in [3.63, 3.8) is 0 Å². The number of anilines is 1. The Morgan fingerprint density at radius 2 is 1.67 bits per heavy atom. The molecule has 52 heavy (non-hydrogen) atoms. The Labute approximate surface area is 304 Å². The highest BCUT2D eigenvalue weighted by Gasteiger charge is 2.52. The minimum absolute atomic E-state index is 0.0205. The number of pyridine rings is 1. The normalized spacial score (nSPS) is 12.8. The van der Waals surface area contributed by atoms with Gasteiger partial charge < -0.3 is 14.3 Å². The first kappa shape index (κ1) is 35.0. The van der Waals surface area contributed by atoms with Crippen molar-refractivity contribution in [3.8, 4) is 22.6 Å². The van der Waals surface area contributed by atoms with Crippen molar-refractivity contribution >= 4 is 47.3 Å². The lowest BCUT2D eigenvalue weighted by atomic mass is 10.1. The third-order valence-corrected chi connectivity index (χ3v) is 14.7. The molecule has 1 N–H and O–H groups in total. The molecule has 4 aromatic heterocycles. The predicted octanol–water partition coefficient (Wildman–Crippen LogP) is 7.82. The van der Waals surface area contributed by atoms with Gasteiger partial charge in [-0.05, 0) is 46.1 Å². The Balaban J connectivity index is 1.13. The molecule has 0 fully saturated rings. The number of halogens is 2. The number of hydrogen-bond donors (Lipinski definition) is 1. The Morgan fingerprint density at radius 3 is 2.31 bits per heavy atom. The first-order valence-electron chi connectivity index (χ1n) is 16.7. The van der Waals surface area contributed by atoms with E-state index in [-0.39, 0.29) is 24.0 Å². The molecule has 0 aliphatic rings. The summed E-state index contributed by atoms with van der Waals surface area (Å²) in [6.45, 7) is 7.98. The van der Waals surface area contributed by atoms with Crippen LogP contribution in [0, 0.1) is 6.92 Å². The van der Waals surface area contributed by atoms with E-state index in [1.807, 2.05) is 112 Å². The summed E-state index contributed by atoms with van der Waals surface area (Å²) < 4.78 is 43.9. The maximum atomic E-state index is 14.9. The predicted molar refractivity (Wildman–Crippen MR) is 201 cm³/mol. The Morgan fingerprint density at radius 1 is 0.962 bits per heavy atom. The van der Waals surface area contributed by atoms with Crippen LogP contribution in [0.15, 0.2) is 119 Å². The largest absolute Gasteiger partial charge is 0.398 e. The molecule has 0 bridgehead atoms. The van der Waals surface area contributed by atoms with Crippen LogP contribution in [-0.2, 0) is 10.8 Å². The maximum absolute atomic E-state index is 14.9. The molecule has 0 aliphatic heterocycles. The molecular weight excluding hydrogens is 699 g/mol. The average molecular weight is 735 g/mol. The zero-order chi connectivity index (χ0) is 36.5. The van der Waals surface area contributed by atoms with Crippen LogP contribution in [0.2, 0.25) is 5.04 Å². The van der Waals surface area contributed by atoms with Crippen molar-refractivity contribution in [2.75, 3.05) is 5.32 Å². The summed E-state index contributed by atoms with van der Waals surface area (Å²) in [7, 11) is -3.29. The third kappa shape index (κ3) is 6.82. The number of imidazole rings is 1. The van der Waals surface area contributed by atoms with Crippen molar-refractivity contribution in [2.45, 2.75) is 51.7 Å². The van der Waals surface area contributed by atoms with E-state index in [0.29, 0.717) is 22.6 Å². The summed E-state index contributed by atoms with van der Waals surface area (Å²) >= 11 is 1.51. The average Bonchev–Trinajstić information content (AvgIpc) is 3.93. The van der Waals surface area contributed by atoms with Gasteiger partial charge in [-0.25, -0.2) is 18.7 Å². The Bertz CT molecular complexity index is 2270. The summed E-state index contributed by atoms with van der Waals surface area (Å²) in [5, 5.41) is 10.3. The highest BCUT2D eigenvalue weighted by Crippen LogP contribution is 2.38. The fourth-order valence-corrected chi connectivity index (χ4v) is 11.7. The van der Waals surface area contributed by atoms with Crippen LogP contribution in [0.3, 0.4) is 0 Å². The summed E-state index contributed by atoms with van der Waals surface area (Å²) in [5.74, 6) is -0.135. The highest BCUT2D eigenvalue weighted by molar-refractivity contribution is 7.07. The number of aromatic nitrogens is 5. The standard InChI is InChI=1S/C39H36F2N6O3SSi/c1-25-15-16-27(19-30(25)44-38(48)32-22-42-34-20-26(17-18-47(32)34)31-23-51-24-43-31)37-45-35(49-46-37)21-33(36(40)41)50-52(39(2,3)4,28-11-7-5-8-12-28)29-13-9-6-10-14-29/h5-20,22-24,33,36H,21H2,1-4H3,(H,44,48). The van der Waals surface area contributed by atoms with Crippen molar-refractivity contribution in [1.29, 1.82) is 0 Å². The fraction of sp³-hybridized carbons (Fsp3) is 0.205. The van der Waals surface area contributed by atoms with E-state index in [9.17, 15) is 13.6 Å². The molecule has 7 rings (SSSR count). The SMILES string of the molecule is Cc1ccc(-c2noc(CC(O[Si](c3ccccc3)(c3ccccc3)C(C)(C)C)C(F)F)n2)cc1NC(=O)c1cnc2cc(-c3cscn3)ccn12. The lowest BCUT2D eigenvalue weighted by Crippen LogP contribution is -2.68. The number of benzene rings is 3. The van der Waals surface area contributed by atoms with E-state index < -0.39 is 25.9 Å². The number of carbonyl (C=O) groups excluding carboxylic acids is 1. The molecule has 0 saturated carbocycles. The lowest BCUT2D eigenvalue weighted by molar-refractivity contribution is 0.00243. The number of amides is 1. The number of hydrogen-bond acceptors (Lipinski definition) is 8. The van der Waals surface area contributed by atoms with Gasteiger partial charge >= 0.3 is 0 Å². The van der Waals surface area contributed by atoms with E-state index in [0.717, 1.165) is 27.2 Å². The second-order valence-electron chi connectivity index (χ2n) is 13.5. The van der Waals surface area contributed by atoms with Gasteiger partial charge in [0.25, 0.3) is 20.7 Å². The Kier molecular flexibility index (Phi) is 9.66. The van der Waals surface area contributed by atoms with Gasteiger partial charge in [0.1, 0.15) is 17.4 Å². The summed E-state index contributed by atoms with van der Waals surface area (Å²) in [5.41, 5.74) is 6.36. The van der Waals surface area contributed by atoms with Gasteiger partial charge in [0.2, 0.25) is 11.7 Å². The number of fused-ring (bicyclic) bond motifs is 1. The molecule has 0 radical (unpaired) electrons. The van der Waals surface area contributed by atoms with Crippen molar-refractivity contribution in [1.82, 2.24) is 24.5 Å². The third-order valence-electron chi connectivity index (χ3n) is 9.09. The quantitative estimate of drug-likeness (QED) is 0.135. The van der Waals surface area contributed by atoms with E-state index in [1.165, 1.54) is 17.5 Å². The van der Waals surface area contributed by atoms with Crippen LogP contribution >= 0.6 is 11.3 Å². The van der Waals surface area contributed by atoms with Gasteiger partial charge in [-0.15, -0.1) is 11.3 Å². The number of nitrogens with one attached hydrogen (secondary N) is 1. The zero-order valence-corrected chi connectivity index (χ0v) is 30.8. The molecule has 0 saturated heterocycles. The summed E-state index contributed by atoms with van der Waals surface area (Å²) in [6, 6.07) is 28.4. The minimum atomic E-state index is -3.29. The molecule has 9 nitrogen and oxygen atoms in total. The minimum Gasteiger partial charge on any atom is -0.398 e. The molecule has 13 heteroatoms. The van der Waals surface area contributed by atoms with Crippen LogP contribution in [0.1, 0.15) is 42.7 Å². The van der Waals surface area contributed by atoms with Gasteiger partial charge in [-0.3, -0.25) is 9.20 Å². The van der Waals surface area contributed by atoms with Gasteiger partial charge in [0, 0.05) is 28.4 Å². The number of thiazole rings is 1. The van der Waals surface area contributed by atoms with Crippen LogP contribution in [0.25, 0.3) is 28.3 Å². The van der Waals surface area contributed by atoms with Gasteiger partial charge in [-0.1, -0.05) is 98.7 Å². The van der Waals surface area contributed by atoms with E-state index in [2.05, 4.69) is 25.4 Å². The van der Waals surface area contributed by atoms with Gasteiger partial charge in [0.15, 0.2) is 0 Å². The molecule has 1 unspecified atom stereocenters. The van der Waals surface area contributed by atoms with Gasteiger partial charge in [0.05, 0.1) is 23.8 Å². The van der Waals surface area contributed by atoms with Crippen LogP contribution in [-0.4, -0.2) is 51.3 Å². The van der Waals surface area contributed by atoms with E-state index in [4.69, 9.17) is 8.95 Å². The molecule has 3 aromatic carbocycles. The summed E-state index contributed by atoms with van der Waals surface area (Å²) in [6.07, 6.45) is -1.32. The van der Waals surface area contributed by atoms with Crippen molar-refractivity contribution in [3.05, 3.63) is 131 Å². The van der Waals surface area contributed by atoms with Crippen molar-refractivity contribution in [2.24, 2.45) is 0 Å². The maximum Gasteiger partial charge on any atom is 0.274 e. The topological polar surface area (TPSA) is 107 Å². The van der Waals surface area contributed by atoms with Crippen LogP contribution in [0.5, 0.6) is 0 Å². The Hall–Kier alpha value is -5.37. The number of carbonyl (C=O) groups is 1. The molecule has 4 heterocycles. The first-order chi connectivity index (χ1) is 25.0. The second-order valence-corrected chi connectivity index (χ2v) is 18.5. The molecule has 1 atom stereocenters. The number of nitrogens with zero attached hydrogens (tertiary/aromatic N) is 5. The number of alkyl halides is 2. The molecule has 0 aliphatic carbocycles. The van der Waals surface area contributed by atoms with Crippen molar-refractivity contribution < 1.29 is 22.5 Å². The second kappa shape index (κ2) is 14.3. The molecule has 0 spiro atoms. The molecule has 7 aromatic rings. The molecular formula is C39H36F2N6O3SSi. The van der Waals surface area contributed by atoms with Crippen LogP contribution < -0.4 is 15.7 Å². The number of aryl methyl sites for hydroxylation is 1. The first-order valence-corrected chi connectivity index (χ1v) is 19.6. The summed E-state index contributed by atoms with van der Waals surface area (Å²) in [4.78, 5) is 26.8. The molecule has 1 amide bonds. The fourth-order valence-electron chi connectivity index (χ4n) is 6.47. The monoisotopic (exact) mass is 734 g/mol. The smallest absolute Gasteiger partial charge is 0.274 e. The van der Waals surface area contributed by atoms with E-state index >= 15 is 0 Å². The number of rotatable bonds is 11. The zero-order valence-electron chi connectivity index (χ0n) is 29.0. The lowest BCUT2D eigenvalue weighted by Gasteiger charge is -2.44. The van der Waals surface area contributed by atoms with Gasteiger partial charge in [-0.2, -0.15) is 4.98 Å². The van der Waals surface area contributed by atoms with E-state index in [1.54, 1.807) is 28.2 Å². The highest BCUT2D eigenvalue weighted by atomic mass is 32.1. The van der Waals surface area contributed by atoms with Crippen LogP contribution in [0.4, 0.5) is 14.5 Å².